The Morgan fingerprint density at radius 2 is 1.69 bits per heavy atom. The van der Waals surface area contributed by atoms with Gasteiger partial charge in [0.2, 0.25) is 0 Å². The number of aliphatic carboxylic acids is 1. The van der Waals surface area contributed by atoms with Gasteiger partial charge in [0.15, 0.2) is 0 Å². The zero-order valence-corrected chi connectivity index (χ0v) is 9.00. The summed E-state index contributed by atoms with van der Waals surface area (Å²) in [7, 11) is 0. The average molecular weight is 184 g/mol. The van der Waals surface area contributed by atoms with Gasteiger partial charge >= 0.3 is 0 Å². The summed E-state index contributed by atoms with van der Waals surface area (Å²) in [6, 6.07) is 0. The summed E-state index contributed by atoms with van der Waals surface area (Å²) in [5.74, 6) is -0.833. The molecule has 0 spiro atoms. The van der Waals surface area contributed by atoms with Crippen LogP contribution in [0.2, 0.25) is 0 Å². The SMILES string of the molecule is CC(=O)O.CC/C=C\C(C)=C/CC. The Labute approximate surface area is 81.0 Å². The molecule has 0 unspecified atom stereocenters. The molecule has 2 heteroatoms. The highest BCUT2D eigenvalue weighted by Crippen LogP contribution is 1.97. The summed E-state index contributed by atoms with van der Waals surface area (Å²) in [6.07, 6.45) is 8.85. The smallest absolute Gasteiger partial charge is 0.300 e. The van der Waals surface area contributed by atoms with E-state index in [9.17, 15) is 0 Å². The molecule has 0 fully saturated rings. The molecule has 2 nitrogen and oxygen atoms in total. The maximum Gasteiger partial charge on any atom is 0.300 e. The maximum atomic E-state index is 9.00. The molecule has 0 bridgehead atoms. The predicted molar refractivity (Wildman–Crippen MR) is 56.8 cm³/mol. The Hall–Kier alpha value is -1.05. The van der Waals surface area contributed by atoms with Crippen molar-refractivity contribution in [2.45, 2.75) is 40.5 Å². The van der Waals surface area contributed by atoms with Crippen molar-refractivity contribution in [1.82, 2.24) is 0 Å². The van der Waals surface area contributed by atoms with Gasteiger partial charge in [0.25, 0.3) is 5.97 Å². The van der Waals surface area contributed by atoms with Gasteiger partial charge in [-0.25, -0.2) is 0 Å². The molecule has 0 aliphatic rings. The number of hydrogen-bond donors (Lipinski definition) is 1. The van der Waals surface area contributed by atoms with E-state index in [1.165, 1.54) is 5.57 Å². The Morgan fingerprint density at radius 1 is 1.23 bits per heavy atom. The molecular formula is C11H20O2. The summed E-state index contributed by atoms with van der Waals surface area (Å²) in [5, 5.41) is 7.42. The van der Waals surface area contributed by atoms with Crippen LogP contribution in [-0.2, 0) is 4.79 Å². The van der Waals surface area contributed by atoms with Crippen LogP contribution in [0.15, 0.2) is 23.8 Å². The van der Waals surface area contributed by atoms with Crippen LogP contribution in [0.1, 0.15) is 40.5 Å². The first-order chi connectivity index (χ1) is 6.04. The van der Waals surface area contributed by atoms with Crippen molar-refractivity contribution in [2.75, 3.05) is 0 Å². The van der Waals surface area contributed by atoms with Crippen molar-refractivity contribution in [3.8, 4) is 0 Å². The molecule has 0 radical (unpaired) electrons. The molecule has 0 aromatic rings. The molecule has 0 atom stereocenters. The quantitative estimate of drug-likeness (QED) is 0.682. The highest BCUT2D eigenvalue weighted by Gasteiger charge is 1.75. The van der Waals surface area contributed by atoms with Gasteiger partial charge in [-0.2, -0.15) is 0 Å². The first-order valence-electron chi connectivity index (χ1n) is 4.57. The largest absolute Gasteiger partial charge is 0.481 e. The summed E-state index contributed by atoms with van der Waals surface area (Å²) in [5.41, 5.74) is 1.37. The lowest BCUT2D eigenvalue weighted by molar-refractivity contribution is -0.134. The first-order valence-corrected chi connectivity index (χ1v) is 4.57. The number of hydrogen-bond acceptors (Lipinski definition) is 1. The number of carbonyl (C=O) groups is 1. The number of carboxylic acid groups (broad SMARTS) is 1. The van der Waals surface area contributed by atoms with E-state index in [-0.39, 0.29) is 0 Å². The minimum atomic E-state index is -0.833. The van der Waals surface area contributed by atoms with Gasteiger partial charge in [-0.15, -0.1) is 0 Å². The van der Waals surface area contributed by atoms with Crippen LogP contribution >= 0.6 is 0 Å². The summed E-state index contributed by atoms with van der Waals surface area (Å²) < 4.78 is 0. The molecule has 76 valence electrons. The highest BCUT2D eigenvalue weighted by molar-refractivity contribution is 5.62. The van der Waals surface area contributed by atoms with E-state index >= 15 is 0 Å². The van der Waals surface area contributed by atoms with E-state index in [0.29, 0.717) is 0 Å². The van der Waals surface area contributed by atoms with Crippen LogP contribution in [0, 0.1) is 0 Å². The lowest BCUT2D eigenvalue weighted by Crippen LogP contribution is -1.78. The van der Waals surface area contributed by atoms with Crippen LogP contribution < -0.4 is 0 Å². The molecule has 0 heterocycles. The molecule has 0 rings (SSSR count). The van der Waals surface area contributed by atoms with E-state index < -0.39 is 5.97 Å². The van der Waals surface area contributed by atoms with Crippen molar-refractivity contribution in [2.24, 2.45) is 0 Å². The summed E-state index contributed by atoms with van der Waals surface area (Å²) >= 11 is 0. The number of rotatable bonds is 3. The standard InChI is InChI=1S/C9H16.C2H4O2/c1-4-6-8-9(3)7-5-2;1-2(3)4/h6-8H,4-5H2,1-3H3;1H3,(H,3,4)/b8-6-,9-7-;. The van der Waals surface area contributed by atoms with Gasteiger partial charge in [-0.1, -0.05) is 37.6 Å². The second kappa shape index (κ2) is 11.0. The summed E-state index contributed by atoms with van der Waals surface area (Å²) in [4.78, 5) is 9.00. The monoisotopic (exact) mass is 184 g/mol. The van der Waals surface area contributed by atoms with Gasteiger partial charge in [0.1, 0.15) is 0 Å². The van der Waals surface area contributed by atoms with Crippen molar-refractivity contribution in [3.63, 3.8) is 0 Å². The van der Waals surface area contributed by atoms with Crippen LogP contribution in [0.3, 0.4) is 0 Å². The molecule has 0 saturated heterocycles. The van der Waals surface area contributed by atoms with Gasteiger partial charge in [-0.05, 0) is 19.8 Å². The van der Waals surface area contributed by atoms with E-state index in [1.807, 2.05) is 0 Å². The van der Waals surface area contributed by atoms with E-state index in [4.69, 9.17) is 9.90 Å². The fourth-order valence-corrected chi connectivity index (χ4v) is 0.694. The van der Waals surface area contributed by atoms with E-state index in [2.05, 4.69) is 39.0 Å². The van der Waals surface area contributed by atoms with Crippen molar-refractivity contribution in [1.29, 1.82) is 0 Å². The Kier molecular flexibility index (Phi) is 12.2. The van der Waals surface area contributed by atoms with Crippen molar-refractivity contribution < 1.29 is 9.90 Å². The van der Waals surface area contributed by atoms with Gasteiger partial charge < -0.3 is 5.11 Å². The molecule has 0 aliphatic carbocycles. The van der Waals surface area contributed by atoms with Crippen LogP contribution in [0.25, 0.3) is 0 Å². The second-order valence-electron chi connectivity index (χ2n) is 2.69. The zero-order valence-electron chi connectivity index (χ0n) is 9.00. The average Bonchev–Trinajstić information content (AvgIpc) is 2.00. The van der Waals surface area contributed by atoms with Crippen LogP contribution in [-0.4, -0.2) is 11.1 Å². The molecular weight excluding hydrogens is 164 g/mol. The molecule has 0 aliphatic heterocycles. The van der Waals surface area contributed by atoms with E-state index in [0.717, 1.165) is 19.8 Å². The number of carboxylic acids is 1. The van der Waals surface area contributed by atoms with Gasteiger partial charge in [-0.3, -0.25) is 4.79 Å². The molecule has 0 aromatic heterocycles. The van der Waals surface area contributed by atoms with Crippen molar-refractivity contribution in [3.05, 3.63) is 23.8 Å². The highest BCUT2D eigenvalue weighted by atomic mass is 16.4. The van der Waals surface area contributed by atoms with Gasteiger partial charge in [0, 0.05) is 6.92 Å². The van der Waals surface area contributed by atoms with Crippen LogP contribution in [0.5, 0.6) is 0 Å². The normalized spacial score (nSPS) is 10.9. The maximum absolute atomic E-state index is 9.00. The molecule has 13 heavy (non-hydrogen) atoms. The topological polar surface area (TPSA) is 37.3 Å². The minimum absolute atomic E-state index is 0.833. The minimum Gasteiger partial charge on any atom is -0.481 e. The molecule has 0 amide bonds. The molecule has 0 saturated carbocycles. The predicted octanol–water partition coefficient (Wildman–Crippen LogP) is 3.40. The third kappa shape index (κ3) is 24.8. The Morgan fingerprint density at radius 3 is 2.00 bits per heavy atom. The fraction of sp³-hybridized carbons (Fsp3) is 0.545. The molecule has 1 N–H and O–H groups in total. The van der Waals surface area contributed by atoms with Crippen LogP contribution in [0.4, 0.5) is 0 Å². The molecule has 0 aromatic carbocycles. The van der Waals surface area contributed by atoms with Gasteiger partial charge in [0.05, 0.1) is 0 Å². The lowest BCUT2D eigenvalue weighted by Gasteiger charge is -1.87. The second-order valence-corrected chi connectivity index (χ2v) is 2.69. The van der Waals surface area contributed by atoms with E-state index in [1.54, 1.807) is 0 Å². The summed E-state index contributed by atoms with van der Waals surface area (Å²) in [6.45, 7) is 7.52. The first kappa shape index (κ1) is 14.5. The number of allylic oxidation sites excluding steroid dienone is 4. The third-order valence-corrected chi connectivity index (χ3v) is 1.14. The third-order valence-electron chi connectivity index (χ3n) is 1.14. The van der Waals surface area contributed by atoms with Crippen molar-refractivity contribution >= 4 is 5.97 Å². The lowest BCUT2D eigenvalue weighted by atomic mass is 10.2. The Balaban J connectivity index is 0. The fourth-order valence-electron chi connectivity index (χ4n) is 0.694. The Bertz CT molecular complexity index is 175. The zero-order chi connectivity index (χ0) is 10.7.